The molecular formula is C20H33NO2SSi3. The van der Waals surface area contributed by atoms with Crippen molar-refractivity contribution in [3.8, 4) is 0 Å². The van der Waals surface area contributed by atoms with Gasteiger partial charge in [0, 0.05) is 21.5 Å². The predicted molar refractivity (Wildman–Crippen MR) is 127 cm³/mol. The molecule has 2 aromatic rings. The van der Waals surface area contributed by atoms with Crippen molar-refractivity contribution < 1.29 is 8.42 Å². The van der Waals surface area contributed by atoms with Gasteiger partial charge in [0.15, 0.2) is 0 Å². The van der Waals surface area contributed by atoms with E-state index in [0.29, 0.717) is 10.1 Å². The van der Waals surface area contributed by atoms with E-state index in [0.717, 1.165) is 21.6 Å². The Morgan fingerprint density at radius 2 is 1.44 bits per heavy atom. The lowest BCUT2D eigenvalue weighted by Crippen LogP contribution is -2.48. The van der Waals surface area contributed by atoms with Gasteiger partial charge in [-0.1, -0.05) is 77.1 Å². The van der Waals surface area contributed by atoms with E-state index in [9.17, 15) is 8.42 Å². The van der Waals surface area contributed by atoms with Crippen LogP contribution in [0.5, 0.6) is 0 Å². The first-order valence-electron chi connectivity index (χ1n) is 9.68. The monoisotopic (exact) mass is 435 g/mol. The number of benzene rings is 2. The number of hydrogen-bond donors (Lipinski definition) is 1. The smallest absolute Gasteiger partial charge is 0.262 e. The van der Waals surface area contributed by atoms with Crippen LogP contribution < -0.4 is 9.91 Å². The average Bonchev–Trinajstić information content (AvgIpc) is 2.69. The van der Waals surface area contributed by atoms with Crippen molar-refractivity contribution in [1.82, 2.24) is 0 Å². The third-order valence-corrected chi connectivity index (χ3v) is 18.4. The Morgan fingerprint density at radius 1 is 0.889 bits per heavy atom. The Morgan fingerprint density at radius 3 is 1.93 bits per heavy atom. The minimum absolute atomic E-state index is 0.556. The lowest BCUT2D eigenvalue weighted by Gasteiger charge is -2.40. The van der Waals surface area contributed by atoms with Crippen LogP contribution in [0.3, 0.4) is 0 Å². The Balaban J connectivity index is 2.55. The van der Waals surface area contributed by atoms with Gasteiger partial charge in [0.1, 0.15) is 0 Å². The van der Waals surface area contributed by atoms with Gasteiger partial charge in [0.05, 0.1) is 18.7 Å². The molecule has 0 aliphatic carbocycles. The Labute approximate surface area is 167 Å². The molecule has 3 nitrogen and oxygen atoms in total. The summed E-state index contributed by atoms with van der Waals surface area (Å²) in [5, 5.41) is 3.75. The van der Waals surface area contributed by atoms with Crippen LogP contribution in [0, 0.1) is 0 Å². The van der Waals surface area contributed by atoms with Gasteiger partial charge in [-0.05, 0) is 27.4 Å². The van der Waals surface area contributed by atoms with Crippen molar-refractivity contribution in [2.24, 2.45) is 0 Å². The van der Waals surface area contributed by atoms with Gasteiger partial charge in [-0.2, -0.15) is 0 Å². The van der Waals surface area contributed by atoms with Gasteiger partial charge in [0.2, 0.25) is 0 Å². The Kier molecular flexibility index (Phi) is 4.66. The highest BCUT2D eigenvalue weighted by atomic mass is 32.2. The topological polar surface area (TPSA) is 46.2 Å². The van der Waals surface area contributed by atoms with E-state index in [1.54, 1.807) is 0 Å². The van der Waals surface area contributed by atoms with Crippen LogP contribution >= 0.6 is 0 Å². The maximum atomic E-state index is 13.0. The second-order valence-corrected chi connectivity index (χ2v) is 28.9. The summed E-state index contributed by atoms with van der Waals surface area (Å²) in [6, 6.07) is 8.35. The second kappa shape index (κ2) is 6.05. The van der Waals surface area contributed by atoms with Gasteiger partial charge in [-0.3, -0.25) is 4.72 Å². The summed E-state index contributed by atoms with van der Waals surface area (Å²) in [4.78, 5) is 0.556. The van der Waals surface area contributed by atoms with Crippen molar-refractivity contribution in [3.63, 3.8) is 0 Å². The average molecular weight is 436 g/mol. The molecule has 0 saturated carbocycles. The summed E-state index contributed by atoms with van der Waals surface area (Å²) in [5.41, 5.74) is 2.17. The summed E-state index contributed by atoms with van der Waals surface area (Å²) in [6.07, 6.45) is 0. The van der Waals surface area contributed by atoms with Crippen molar-refractivity contribution in [3.05, 3.63) is 29.8 Å². The molecule has 3 rings (SSSR count). The van der Waals surface area contributed by atoms with Crippen LogP contribution in [-0.2, 0) is 10.0 Å². The molecular weight excluding hydrogens is 403 g/mol. The zero-order valence-corrected chi connectivity index (χ0v) is 21.9. The second-order valence-electron chi connectivity index (χ2n) is 11.1. The van der Waals surface area contributed by atoms with Gasteiger partial charge < -0.3 is 0 Å². The lowest BCUT2D eigenvalue weighted by molar-refractivity contribution is 0.603. The minimum Gasteiger partial charge on any atom is -0.279 e. The highest BCUT2D eigenvalue weighted by Crippen LogP contribution is 2.44. The molecule has 0 amide bonds. The van der Waals surface area contributed by atoms with Crippen molar-refractivity contribution in [2.75, 3.05) is 4.72 Å². The normalized spacial score (nSPS) is 16.8. The van der Waals surface area contributed by atoms with Crippen LogP contribution in [0.25, 0.3) is 10.8 Å². The zero-order chi connectivity index (χ0) is 20.6. The molecule has 0 radical (unpaired) electrons. The first-order valence-corrected chi connectivity index (χ1v) is 21.8. The van der Waals surface area contributed by atoms with Gasteiger partial charge >= 0.3 is 0 Å². The molecule has 0 fully saturated rings. The molecule has 1 N–H and O–H groups in total. The molecule has 0 saturated heterocycles. The van der Waals surface area contributed by atoms with Crippen LogP contribution in [0.2, 0.25) is 58.9 Å². The molecule has 0 bridgehead atoms. The fourth-order valence-corrected chi connectivity index (χ4v) is 21.9. The first-order chi connectivity index (χ1) is 12.0. The molecule has 1 heterocycles. The van der Waals surface area contributed by atoms with Crippen LogP contribution in [0.4, 0.5) is 5.69 Å². The van der Waals surface area contributed by atoms with E-state index < -0.39 is 34.2 Å². The number of hydrogen-bond acceptors (Lipinski definition) is 2. The highest BCUT2D eigenvalue weighted by molar-refractivity contribution is 7.93. The summed E-state index contributed by atoms with van der Waals surface area (Å²) in [5.74, 6) is 0. The molecule has 1 aliphatic heterocycles. The summed E-state index contributed by atoms with van der Waals surface area (Å²) in [6.45, 7) is 21.5. The fraction of sp³-hybridized carbons (Fsp3) is 0.500. The fourth-order valence-electron chi connectivity index (χ4n) is 5.06. The highest BCUT2D eigenvalue weighted by Gasteiger charge is 2.42. The molecule has 2 aromatic carbocycles. The zero-order valence-electron chi connectivity index (χ0n) is 18.1. The third-order valence-electron chi connectivity index (χ3n) is 5.51. The molecule has 7 heteroatoms. The molecule has 0 unspecified atom stereocenters. The number of anilines is 1. The van der Waals surface area contributed by atoms with Gasteiger partial charge in [-0.25, -0.2) is 8.42 Å². The van der Waals surface area contributed by atoms with E-state index >= 15 is 0 Å². The van der Waals surface area contributed by atoms with E-state index in [4.69, 9.17) is 0 Å². The summed E-state index contributed by atoms with van der Waals surface area (Å²) >= 11 is 0. The number of rotatable bonds is 4. The molecule has 27 heavy (non-hydrogen) atoms. The molecule has 0 atom stereocenters. The Bertz CT molecular complexity index is 1010. The van der Waals surface area contributed by atoms with Crippen LogP contribution in [0.1, 0.15) is 10.7 Å². The lowest BCUT2D eigenvalue weighted by atomic mass is 10.0. The molecule has 0 aromatic heterocycles. The van der Waals surface area contributed by atoms with E-state index in [1.165, 1.54) is 5.56 Å². The van der Waals surface area contributed by atoms with Crippen molar-refractivity contribution in [2.45, 2.75) is 69.0 Å². The van der Waals surface area contributed by atoms with Crippen LogP contribution in [-0.4, -0.2) is 32.6 Å². The predicted octanol–water partition coefficient (Wildman–Crippen LogP) is 5.34. The first kappa shape index (κ1) is 20.8. The summed E-state index contributed by atoms with van der Waals surface area (Å²) in [7, 11) is -8.34. The van der Waals surface area contributed by atoms with Crippen molar-refractivity contribution >= 4 is 55.9 Å². The molecule has 0 spiro atoms. The van der Waals surface area contributed by atoms with Crippen molar-refractivity contribution in [1.29, 1.82) is 0 Å². The maximum absolute atomic E-state index is 13.0. The summed E-state index contributed by atoms with van der Waals surface area (Å²) < 4.78 is 28.8. The number of nitrogens with one attached hydrogen (secondary N) is 1. The largest absolute Gasteiger partial charge is 0.279 e. The standard InChI is InChI=1S/C20H33NO2SSi3/c1-25(2,3)17-13-15(20(26(4,5)6)27(7,8)9)14-11-10-12-16-18(14)19(17)24(22,23)21-16/h10-13,20-21H,1-9H3. The third kappa shape index (κ3) is 3.47. The molecule has 1 aliphatic rings. The minimum atomic E-state index is -3.48. The van der Waals surface area contributed by atoms with E-state index in [-0.39, 0.29) is 0 Å². The van der Waals surface area contributed by atoms with E-state index in [2.05, 4.69) is 75.8 Å². The SMILES string of the molecule is C[Si](C)(C)c1cc(C([Si](C)(C)C)[Si](C)(C)C)c2cccc3c2c1S(=O)(=O)N3. The van der Waals surface area contributed by atoms with E-state index in [1.807, 2.05) is 12.1 Å². The van der Waals surface area contributed by atoms with Gasteiger partial charge in [0.25, 0.3) is 10.0 Å². The quantitative estimate of drug-likeness (QED) is 0.659. The van der Waals surface area contributed by atoms with Crippen LogP contribution in [0.15, 0.2) is 29.2 Å². The Hall–Kier alpha value is -0.899. The molecule has 148 valence electrons. The number of sulfonamides is 1. The maximum Gasteiger partial charge on any atom is 0.262 e. The van der Waals surface area contributed by atoms with Gasteiger partial charge in [-0.15, -0.1) is 0 Å².